The molecule has 1 heterocycles. The van der Waals surface area contributed by atoms with Gasteiger partial charge in [0.05, 0.1) is 6.54 Å². The summed E-state index contributed by atoms with van der Waals surface area (Å²) >= 11 is 11.5. The van der Waals surface area contributed by atoms with Gasteiger partial charge in [0.15, 0.2) is 10.9 Å². The first-order valence-electron chi connectivity index (χ1n) is 7.52. The molecule has 24 heavy (non-hydrogen) atoms. The number of rotatable bonds is 4. The van der Waals surface area contributed by atoms with Gasteiger partial charge in [-0.2, -0.15) is 5.10 Å². The molecule has 122 valence electrons. The average molecular weight is 357 g/mol. The maximum atomic E-state index is 6.12. The van der Waals surface area contributed by atoms with Crippen LogP contribution in [0.25, 0.3) is 0 Å². The van der Waals surface area contributed by atoms with Crippen molar-refractivity contribution in [1.29, 1.82) is 0 Å². The predicted octanol–water partition coefficient (Wildman–Crippen LogP) is 4.70. The molecule has 0 spiro atoms. The number of hydrogen-bond donors (Lipinski definition) is 2. The molecule has 0 unspecified atom stereocenters. The van der Waals surface area contributed by atoms with Crippen LogP contribution in [0.15, 0.2) is 60.8 Å². The zero-order valence-corrected chi connectivity index (χ0v) is 14.7. The molecule has 0 fully saturated rings. The zero-order chi connectivity index (χ0) is 16.9. The summed E-state index contributed by atoms with van der Waals surface area (Å²) in [6.07, 6.45) is 1.92. The van der Waals surface area contributed by atoms with Crippen LogP contribution in [0.4, 0.5) is 11.5 Å². The number of nitrogens with zero attached hydrogens (tertiary/aromatic N) is 2. The van der Waals surface area contributed by atoms with Crippen LogP contribution >= 0.6 is 23.8 Å². The smallest absolute Gasteiger partial charge is 0.176 e. The van der Waals surface area contributed by atoms with Gasteiger partial charge in [0.1, 0.15) is 0 Å². The van der Waals surface area contributed by atoms with E-state index < -0.39 is 0 Å². The third-order valence-electron chi connectivity index (χ3n) is 3.59. The number of benzene rings is 2. The Balaban J connectivity index is 1.62. The summed E-state index contributed by atoms with van der Waals surface area (Å²) in [5.74, 6) is 0.697. The van der Waals surface area contributed by atoms with Crippen LogP contribution in [-0.4, -0.2) is 14.9 Å². The summed E-state index contributed by atoms with van der Waals surface area (Å²) in [5.41, 5.74) is 3.03. The number of hydrogen-bond acceptors (Lipinski definition) is 2. The Morgan fingerprint density at radius 3 is 2.67 bits per heavy atom. The third-order valence-corrected chi connectivity index (χ3v) is 4.20. The lowest BCUT2D eigenvalue weighted by Crippen LogP contribution is -2.20. The van der Waals surface area contributed by atoms with Crippen LogP contribution in [-0.2, 0) is 6.54 Å². The van der Waals surface area contributed by atoms with Crippen molar-refractivity contribution >= 4 is 40.4 Å². The number of nitrogens with one attached hydrogen (secondary N) is 2. The van der Waals surface area contributed by atoms with Crippen molar-refractivity contribution in [3.05, 3.63) is 76.9 Å². The highest BCUT2D eigenvalue weighted by atomic mass is 35.5. The molecule has 2 N–H and O–H groups in total. The normalized spacial score (nSPS) is 10.4. The molecule has 1 aromatic heterocycles. The van der Waals surface area contributed by atoms with Gasteiger partial charge in [-0.25, -0.2) is 0 Å². The summed E-state index contributed by atoms with van der Waals surface area (Å²) in [4.78, 5) is 0. The van der Waals surface area contributed by atoms with Gasteiger partial charge >= 0.3 is 0 Å². The van der Waals surface area contributed by atoms with Crippen LogP contribution in [0, 0.1) is 6.92 Å². The summed E-state index contributed by atoms with van der Waals surface area (Å²) in [6, 6.07) is 17.7. The first-order valence-corrected chi connectivity index (χ1v) is 8.31. The van der Waals surface area contributed by atoms with E-state index in [-0.39, 0.29) is 0 Å². The van der Waals surface area contributed by atoms with Gasteiger partial charge < -0.3 is 10.6 Å². The number of thiocarbonyl (C=S) groups is 1. The van der Waals surface area contributed by atoms with Gasteiger partial charge in [0.25, 0.3) is 0 Å². The maximum absolute atomic E-state index is 6.12. The molecule has 4 nitrogen and oxygen atoms in total. The van der Waals surface area contributed by atoms with Gasteiger partial charge in [0.2, 0.25) is 0 Å². The van der Waals surface area contributed by atoms with Crippen LogP contribution in [0.3, 0.4) is 0 Å². The Kier molecular flexibility index (Phi) is 5.13. The summed E-state index contributed by atoms with van der Waals surface area (Å²) in [5, 5.41) is 11.9. The lowest BCUT2D eigenvalue weighted by Gasteiger charge is -2.11. The van der Waals surface area contributed by atoms with Crippen molar-refractivity contribution in [1.82, 2.24) is 9.78 Å². The van der Waals surface area contributed by atoms with Crippen LogP contribution in [0.1, 0.15) is 11.1 Å². The van der Waals surface area contributed by atoms with Gasteiger partial charge in [-0.05, 0) is 42.4 Å². The quantitative estimate of drug-likeness (QED) is 0.665. The second-order valence-corrected chi connectivity index (χ2v) is 6.19. The van der Waals surface area contributed by atoms with Crippen LogP contribution in [0.2, 0.25) is 5.02 Å². The van der Waals surface area contributed by atoms with E-state index in [1.165, 1.54) is 5.56 Å². The van der Waals surface area contributed by atoms with E-state index in [2.05, 4.69) is 27.9 Å². The number of halogens is 1. The van der Waals surface area contributed by atoms with Gasteiger partial charge in [-0.15, -0.1) is 0 Å². The first kappa shape index (κ1) is 16.5. The standard InChI is InChI=1S/C18H17ClN4S/c1-13-15(19)8-5-9-16(13)20-18(24)21-17-10-11-23(22-17)12-14-6-3-2-4-7-14/h2-11H,12H2,1H3,(H2,20,21,22,24). The molecule has 3 aromatic rings. The second-order valence-electron chi connectivity index (χ2n) is 5.38. The van der Waals surface area contributed by atoms with Crippen LogP contribution < -0.4 is 10.6 Å². The minimum absolute atomic E-state index is 0.477. The molecular weight excluding hydrogens is 340 g/mol. The van der Waals surface area contributed by atoms with Crippen molar-refractivity contribution in [3.8, 4) is 0 Å². The van der Waals surface area contributed by atoms with Gasteiger partial charge in [-0.1, -0.05) is 48.0 Å². The molecule has 3 rings (SSSR count). The first-order chi connectivity index (χ1) is 11.6. The molecule has 0 aliphatic rings. The highest BCUT2D eigenvalue weighted by molar-refractivity contribution is 7.80. The Labute approximate surface area is 151 Å². The fourth-order valence-corrected chi connectivity index (χ4v) is 2.69. The van der Waals surface area contributed by atoms with Gasteiger partial charge in [-0.3, -0.25) is 4.68 Å². The Morgan fingerprint density at radius 1 is 1.08 bits per heavy atom. The van der Waals surface area contributed by atoms with Crippen molar-refractivity contribution in [2.24, 2.45) is 0 Å². The van der Waals surface area contributed by atoms with Crippen molar-refractivity contribution < 1.29 is 0 Å². The zero-order valence-electron chi connectivity index (χ0n) is 13.2. The Bertz CT molecular complexity index is 845. The molecule has 0 bridgehead atoms. The fourth-order valence-electron chi connectivity index (χ4n) is 2.30. The van der Waals surface area contributed by atoms with Crippen LogP contribution in [0.5, 0.6) is 0 Å². The summed E-state index contributed by atoms with van der Waals surface area (Å²) < 4.78 is 1.87. The van der Waals surface area contributed by atoms with E-state index in [4.69, 9.17) is 23.8 Å². The molecule has 0 atom stereocenters. The predicted molar refractivity (Wildman–Crippen MR) is 104 cm³/mol. The molecule has 6 heteroatoms. The molecule has 0 amide bonds. The lowest BCUT2D eigenvalue weighted by atomic mass is 10.2. The maximum Gasteiger partial charge on any atom is 0.176 e. The highest BCUT2D eigenvalue weighted by Crippen LogP contribution is 2.23. The van der Waals surface area contributed by atoms with E-state index in [1.807, 2.05) is 60.3 Å². The van der Waals surface area contributed by atoms with Crippen molar-refractivity contribution in [2.75, 3.05) is 10.6 Å². The monoisotopic (exact) mass is 356 g/mol. The molecular formula is C18H17ClN4S. The number of anilines is 2. The Morgan fingerprint density at radius 2 is 1.88 bits per heavy atom. The molecule has 0 aliphatic heterocycles. The topological polar surface area (TPSA) is 41.9 Å². The Hall–Kier alpha value is -2.37. The molecule has 0 aliphatic carbocycles. The largest absolute Gasteiger partial charge is 0.332 e. The second kappa shape index (κ2) is 7.47. The molecule has 0 saturated carbocycles. The summed E-state index contributed by atoms with van der Waals surface area (Å²) in [6.45, 7) is 2.66. The SMILES string of the molecule is Cc1c(Cl)cccc1NC(=S)Nc1ccn(Cc2ccccc2)n1. The minimum atomic E-state index is 0.477. The van der Waals surface area contributed by atoms with Crippen molar-refractivity contribution in [3.63, 3.8) is 0 Å². The van der Waals surface area contributed by atoms with E-state index >= 15 is 0 Å². The highest BCUT2D eigenvalue weighted by Gasteiger charge is 2.06. The van der Waals surface area contributed by atoms with E-state index in [0.29, 0.717) is 16.0 Å². The minimum Gasteiger partial charge on any atom is -0.332 e. The summed E-state index contributed by atoms with van der Waals surface area (Å²) in [7, 11) is 0. The lowest BCUT2D eigenvalue weighted by molar-refractivity contribution is 0.690. The van der Waals surface area contributed by atoms with Gasteiger partial charge in [0, 0.05) is 23.0 Å². The average Bonchev–Trinajstić information content (AvgIpc) is 2.99. The third kappa shape index (κ3) is 4.13. The van der Waals surface area contributed by atoms with Crippen molar-refractivity contribution in [2.45, 2.75) is 13.5 Å². The van der Waals surface area contributed by atoms with E-state index in [1.54, 1.807) is 0 Å². The van der Waals surface area contributed by atoms with E-state index in [0.717, 1.165) is 17.8 Å². The fraction of sp³-hybridized carbons (Fsp3) is 0.111. The van der Waals surface area contributed by atoms with E-state index in [9.17, 15) is 0 Å². The molecule has 0 saturated heterocycles. The number of aromatic nitrogens is 2. The molecule has 2 aromatic carbocycles. The molecule has 0 radical (unpaired) electrons.